The molecule has 0 radical (unpaired) electrons. The number of halogens is 3. The third kappa shape index (κ3) is 6.21. The summed E-state index contributed by atoms with van der Waals surface area (Å²) in [6.45, 7) is -1.15. The molecular formula is C23H21F3N2O4. The monoisotopic (exact) mass is 446 g/mol. The molecule has 0 atom stereocenters. The van der Waals surface area contributed by atoms with Crippen LogP contribution in [0.1, 0.15) is 15.9 Å². The molecule has 0 aliphatic carbocycles. The molecule has 0 saturated carbocycles. The molecule has 3 rings (SSSR count). The van der Waals surface area contributed by atoms with Crippen LogP contribution in [0.3, 0.4) is 0 Å². The minimum atomic E-state index is -4.42. The second-order valence-electron chi connectivity index (χ2n) is 6.76. The Morgan fingerprint density at radius 1 is 1.00 bits per heavy atom. The van der Waals surface area contributed by atoms with E-state index in [0.717, 1.165) is 10.6 Å². The Hall–Kier alpha value is -3.59. The van der Waals surface area contributed by atoms with Gasteiger partial charge < -0.3 is 9.47 Å². The number of carbonyl (C=O) groups is 1. The second-order valence-corrected chi connectivity index (χ2v) is 6.76. The fourth-order valence-corrected chi connectivity index (χ4v) is 2.77. The van der Waals surface area contributed by atoms with Gasteiger partial charge in [-0.05, 0) is 29.3 Å². The van der Waals surface area contributed by atoms with E-state index in [1.165, 1.54) is 32.5 Å². The van der Waals surface area contributed by atoms with E-state index in [9.17, 15) is 18.0 Å². The summed E-state index contributed by atoms with van der Waals surface area (Å²) in [5.74, 6) is -0.246. The first-order chi connectivity index (χ1) is 15.3. The fourth-order valence-electron chi connectivity index (χ4n) is 2.77. The zero-order valence-corrected chi connectivity index (χ0v) is 17.4. The number of nitrogens with zero attached hydrogens (tertiary/aromatic N) is 2. The van der Waals surface area contributed by atoms with Crippen LogP contribution in [0.15, 0.2) is 66.9 Å². The summed E-state index contributed by atoms with van der Waals surface area (Å²) in [5.41, 5.74) is 2.30. The van der Waals surface area contributed by atoms with E-state index >= 15 is 0 Å². The first kappa shape index (κ1) is 23.1. The molecule has 32 heavy (non-hydrogen) atoms. The number of benzene rings is 2. The molecule has 0 spiro atoms. The Morgan fingerprint density at radius 2 is 1.69 bits per heavy atom. The molecule has 0 fully saturated rings. The van der Waals surface area contributed by atoms with Crippen molar-refractivity contribution in [3.8, 4) is 22.8 Å². The number of ether oxygens (including phenoxy) is 2. The van der Waals surface area contributed by atoms with E-state index in [1.807, 2.05) is 30.3 Å². The van der Waals surface area contributed by atoms with Crippen molar-refractivity contribution in [1.29, 1.82) is 0 Å². The van der Waals surface area contributed by atoms with Gasteiger partial charge in [-0.15, -0.1) is 0 Å². The molecule has 0 saturated heterocycles. The van der Waals surface area contributed by atoms with Crippen LogP contribution >= 0.6 is 0 Å². The van der Waals surface area contributed by atoms with Crippen LogP contribution in [-0.2, 0) is 11.4 Å². The lowest BCUT2D eigenvalue weighted by atomic mass is 10.1. The fraction of sp³-hybridized carbons (Fsp3) is 0.217. The van der Waals surface area contributed by atoms with Gasteiger partial charge >= 0.3 is 6.18 Å². The number of amides is 1. The number of pyridine rings is 1. The smallest absolute Gasteiger partial charge is 0.422 e. The summed E-state index contributed by atoms with van der Waals surface area (Å²) in [6, 6.07) is 17.0. The lowest BCUT2D eigenvalue weighted by molar-refractivity contribution is -0.153. The molecule has 1 aromatic heterocycles. The van der Waals surface area contributed by atoms with Crippen molar-refractivity contribution < 1.29 is 32.3 Å². The van der Waals surface area contributed by atoms with Gasteiger partial charge in [-0.2, -0.15) is 13.2 Å². The maximum absolute atomic E-state index is 12.8. The third-order valence-corrected chi connectivity index (χ3v) is 4.45. The van der Waals surface area contributed by atoms with Crippen molar-refractivity contribution >= 4 is 5.91 Å². The molecule has 0 aliphatic heterocycles. The zero-order chi connectivity index (χ0) is 23.1. The number of hydrogen-bond acceptors (Lipinski definition) is 5. The molecule has 0 N–H and O–H groups in total. The molecule has 168 valence electrons. The van der Waals surface area contributed by atoms with Gasteiger partial charge in [0.15, 0.2) is 6.61 Å². The Bertz CT molecular complexity index is 1040. The van der Waals surface area contributed by atoms with Crippen LogP contribution in [0.2, 0.25) is 0 Å². The van der Waals surface area contributed by atoms with E-state index in [1.54, 1.807) is 18.2 Å². The van der Waals surface area contributed by atoms with Crippen LogP contribution in [0, 0.1) is 0 Å². The average molecular weight is 446 g/mol. The van der Waals surface area contributed by atoms with Gasteiger partial charge in [-0.3, -0.25) is 9.63 Å². The molecule has 3 aromatic rings. The Morgan fingerprint density at radius 3 is 2.31 bits per heavy atom. The number of hydrogen-bond donors (Lipinski definition) is 0. The quantitative estimate of drug-likeness (QED) is 0.461. The summed E-state index contributed by atoms with van der Waals surface area (Å²) < 4.78 is 47.4. The van der Waals surface area contributed by atoms with E-state index in [2.05, 4.69) is 4.98 Å². The van der Waals surface area contributed by atoms with Gasteiger partial charge in [0.2, 0.25) is 5.88 Å². The van der Waals surface area contributed by atoms with Crippen LogP contribution in [0.25, 0.3) is 11.1 Å². The minimum Gasteiger partial charge on any atom is -0.484 e. The van der Waals surface area contributed by atoms with E-state index < -0.39 is 18.7 Å². The van der Waals surface area contributed by atoms with Crippen molar-refractivity contribution in [2.24, 2.45) is 0 Å². The third-order valence-electron chi connectivity index (χ3n) is 4.45. The van der Waals surface area contributed by atoms with Crippen LogP contribution in [0.5, 0.6) is 11.6 Å². The largest absolute Gasteiger partial charge is 0.484 e. The highest BCUT2D eigenvalue weighted by molar-refractivity contribution is 5.96. The molecule has 1 amide bonds. The second kappa shape index (κ2) is 10.1. The van der Waals surface area contributed by atoms with Gasteiger partial charge in [0.25, 0.3) is 5.91 Å². The Kier molecular flexibility index (Phi) is 7.32. The summed E-state index contributed by atoms with van der Waals surface area (Å²) in [5, 5.41) is 1.05. The normalized spacial score (nSPS) is 11.2. The van der Waals surface area contributed by atoms with Crippen molar-refractivity contribution in [2.75, 3.05) is 20.8 Å². The van der Waals surface area contributed by atoms with E-state index in [-0.39, 0.29) is 23.8 Å². The lowest BCUT2D eigenvalue weighted by Crippen LogP contribution is -2.26. The molecule has 1 heterocycles. The van der Waals surface area contributed by atoms with Crippen LogP contribution in [0.4, 0.5) is 13.2 Å². The predicted molar refractivity (Wildman–Crippen MR) is 111 cm³/mol. The highest BCUT2D eigenvalue weighted by Crippen LogP contribution is 2.28. The predicted octanol–water partition coefficient (Wildman–Crippen LogP) is 4.90. The highest BCUT2D eigenvalue weighted by atomic mass is 19.4. The first-order valence-electron chi connectivity index (χ1n) is 9.56. The number of alkyl halides is 3. The number of rotatable bonds is 8. The number of aromatic nitrogens is 1. The molecule has 9 heteroatoms. The van der Waals surface area contributed by atoms with E-state index in [0.29, 0.717) is 11.1 Å². The zero-order valence-electron chi connectivity index (χ0n) is 17.4. The standard InChI is InChI=1S/C23H21F3N2O4/c1-28(30-2)22(29)20-12-18(13-27-21(20)31-14-16-6-4-3-5-7-16)17-8-10-19(11-9-17)32-15-23(24,25)26/h3-13H,14-15H2,1-2H3. The van der Waals surface area contributed by atoms with Crippen LogP contribution < -0.4 is 9.47 Å². The maximum Gasteiger partial charge on any atom is 0.422 e. The van der Waals surface area contributed by atoms with Crippen molar-refractivity contribution in [3.05, 3.63) is 78.0 Å². The number of carbonyl (C=O) groups excluding carboxylic acids is 1. The lowest BCUT2D eigenvalue weighted by Gasteiger charge is -2.17. The van der Waals surface area contributed by atoms with Crippen molar-refractivity contribution in [2.45, 2.75) is 12.8 Å². The average Bonchev–Trinajstić information content (AvgIpc) is 2.81. The van der Waals surface area contributed by atoms with Gasteiger partial charge in [0, 0.05) is 18.8 Å². The van der Waals surface area contributed by atoms with Gasteiger partial charge in [0.1, 0.15) is 17.9 Å². The SMILES string of the molecule is CON(C)C(=O)c1cc(-c2ccc(OCC(F)(F)F)cc2)cnc1OCc1ccccc1. The maximum atomic E-state index is 12.8. The van der Waals surface area contributed by atoms with Gasteiger partial charge in [0.05, 0.1) is 7.11 Å². The van der Waals surface area contributed by atoms with E-state index in [4.69, 9.17) is 14.3 Å². The summed E-state index contributed by atoms with van der Waals surface area (Å²) >= 11 is 0. The summed E-state index contributed by atoms with van der Waals surface area (Å²) in [7, 11) is 2.82. The Balaban J connectivity index is 1.84. The topological polar surface area (TPSA) is 60.9 Å². The molecule has 0 aliphatic rings. The Labute approximate surface area is 183 Å². The summed E-state index contributed by atoms with van der Waals surface area (Å²) in [4.78, 5) is 22.1. The molecule has 2 aromatic carbocycles. The van der Waals surface area contributed by atoms with Gasteiger partial charge in [-0.25, -0.2) is 10.0 Å². The molecule has 6 nitrogen and oxygen atoms in total. The summed E-state index contributed by atoms with van der Waals surface area (Å²) in [6.07, 6.45) is -2.89. The first-order valence-corrected chi connectivity index (χ1v) is 9.56. The van der Waals surface area contributed by atoms with Crippen molar-refractivity contribution in [3.63, 3.8) is 0 Å². The molecule has 0 unspecified atom stereocenters. The minimum absolute atomic E-state index is 0.0808. The highest BCUT2D eigenvalue weighted by Gasteiger charge is 2.28. The van der Waals surface area contributed by atoms with Gasteiger partial charge in [-0.1, -0.05) is 42.5 Å². The van der Waals surface area contributed by atoms with Crippen LogP contribution in [-0.4, -0.2) is 42.9 Å². The molecule has 0 bridgehead atoms. The van der Waals surface area contributed by atoms with Crippen molar-refractivity contribution in [1.82, 2.24) is 10.0 Å². The molecular weight excluding hydrogens is 425 g/mol. The number of hydroxylamine groups is 2.